The molecule has 3 N–H and O–H groups in total. The Hall–Kier alpha value is -2.39. The highest BCUT2D eigenvalue weighted by Gasteiger charge is 2.32. The summed E-state index contributed by atoms with van der Waals surface area (Å²) in [5, 5.41) is 0.540. The van der Waals surface area contributed by atoms with Gasteiger partial charge in [0.1, 0.15) is 18.6 Å². The van der Waals surface area contributed by atoms with Crippen LogP contribution in [-0.4, -0.2) is 16.3 Å². The van der Waals surface area contributed by atoms with E-state index in [2.05, 4.69) is 14.7 Å². The maximum Gasteiger partial charge on any atom is 0.573 e. The third kappa shape index (κ3) is 4.12. The number of oxazole rings is 1. The molecule has 3 rings (SSSR count). The second-order valence-corrected chi connectivity index (χ2v) is 4.70. The van der Waals surface area contributed by atoms with Crippen LogP contribution in [0.3, 0.4) is 0 Å². The molecule has 0 spiro atoms. The summed E-state index contributed by atoms with van der Waals surface area (Å²) in [6, 6.07) is 4.33. The Kier molecular flexibility index (Phi) is 5.25. The summed E-state index contributed by atoms with van der Waals surface area (Å²) >= 11 is 0. The van der Waals surface area contributed by atoms with E-state index in [1.807, 2.05) is 0 Å². The van der Waals surface area contributed by atoms with Crippen molar-refractivity contribution in [2.24, 2.45) is 5.73 Å². The van der Waals surface area contributed by atoms with Crippen LogP contribution in [0.5, 0.6) is 11.5 Å². The van der Waals surface area contributed by atoms with Crippen LogP contribution in [0.25, 0.3) is 10.9 Å². The Morgan fingerprint density at radius 1 is 1.21 bits per heavy atom. The van der Waals surface area contributed by atoms with Crippen molar-refractivity contribution in [1.82, 2.24) is 9.97 Å². The van der Waals surface area contributed by atoms with Crippen molar-refractivity contribution in [1.29, 1.82) is 0 Å². The fourth-order valence-corrected chi connectivity index (χ4v) is 2.09. The van der Waals surface area contributed by atoms with Crippen molar-refractivity contribution >= 4 is 23.3 Å². The minimum Gasteiger partial charge on any atom is -0.483 e. The van der Waals surface area contributed by atoms with Crippen molar-refractivity contribution in [3.05, 3.63) is 42.2 Å². The minimum absolute atomic E-state index is 0. The van der Waals surface area contributed by atoms with E-state index in [0.717, 1.165) is 0 Å². The molecule has 0 atom stereocenters. The first-order valence-electron chi connectivity index (χ1n) is 6.56. The quantitative estimate of drug-likeness (QED) is 0.724. The zero-order valence-electron chi connectivity index (χ0n) is 12.1. The van der Waals surface area contributed by atoms with E-state index in [1.165, 1.54) is 24.8 Å². The first-order valence-corrected chi connectivity index (χ1v) is 6.56. The molecule has 0 unspecified atom stereocenters. The molecule has 0 bridgehead atoms. The fourth-order valence-electron chi connectivity index (χ4n) is 2.09. The van der Waals surface area contributed by atoms with Crippen LogP contribution in [0.2, 0.25) is 0 Å². The number of ether oxygens (including phenoxy) is 2. The van der Waals surface area contributed by atoms with Crippen molar-refractivity contribution in [2.75, 3.05) is 0 Å². The van der Waals surface area contributed by atoms with E-state index in [-0.39, 0.29) is 31.3 Å². The molecule has 0 saturated carbocycles. The van der Waals surface area contributed by atoms with Crippen LogP contribution in [0, 0.1) is 0 Å². The lowest BCUT2D eigenvalue weighted by molar-refractivity contribution is -0.275. The predicted octanol–water partition coefficient (Wildman–Crippen LogP) is 3.51. The van der Waals surface area contributed by atoms with Gasteiger partial charge in [-0.3, -0.25) is 0 Å². The van der Waals surface area contributed by atoms with Gasteiger partial charge in [0.25, 0.3) is 0 Å². The molecule has 0 radical (unpaired) electrons. The zero-order valence-corrected chi connectivity index (χ0v) is 12.9. The standard InChI is InChI=1S/C14H12F3N3O3.ClH/c15-14(16,17)23-13-2-8-1-9(4-18)20-11(8)3-12(13)22-6-10-5-21-7-19-10;/h1-3,5,7,20H,4,6,18H2;1H. The normalized spacial score (nSPS) is 11.3. The van der Waals surface area contributed by atoms with E-state index < -0.39 is 12.1 Å². The summed E-state index contributed by atoms with van der Waals surface area (Å²) in [5.41, 5.74) is 7.24. The van der Waals surface area contributed by atoms with E-state index in [0.29, 0.717) is 22.3 Å². The van der Waals surface area contributed by atoms with Gasteiger partial charge >= 0.3 is 6.36 Å². The Labute approximate surface area is 140 Å². The smallest absolute Gasteiger partial charge is 0.483 e. The molecule has 1 aromatic carbocycles. The van der Waals surface area contributed by atoms with Gasteiger partial charge in [0.05, 0.1) is 0 Å². The lowest BCUT2D eigenvalue weighted by Gasteiger charge is -2.14. The van der Waals surface area contributed by atoms with Gasteiger partial charge in [-0.05, 0) is 12.1 Å². The zero-order chi connectivity index (χ0) is 16.4. The number of nitrogens with zero attached hydrogens (tertiary/aromatic N) is 1. The topological polar surface area (TPSA) is 86.3 Å². The molecule has 0 aliphatic carbocycles. The maximum absolute atomic E-state index is 12.6. The number of hydrogen-bond acceptors (Lipinski definition) is 5. The molecular weight excluding hydrogens is 351 g/mol. The van der Waals surface area contributed by atoms with Crippen LogP contribution < -0.4 is 15.2 Å². The fraction of sp³-hybridized carbons (Fsp3) is 0.214. The Balaban J connectivity index is 0.00000208. The van der Waals surface area contributed by atoms with Crippen molar-refractivity contribution in [2.45, 2.75) is 19.5 Å². The minimum atomic E-state index is -4.83. The number of fused-ring (bicyclic) bond motifs is 1. The lowest BCUT2D eigenvalue weighted by atomic mass is 10.2. The second kappa shape index (κ2) is 7.02. The van der Waals surface area contributed by atoms with Crippen molar-refractivity contribution in [3.8, 4) is 11.5 Å². The average Bonchev–Trinajstić information content (AvgIpc) is 3.11. The van der Waals surface area contributed by atoms with Crippen LogP contribution in [0.1, 0.15) is 11.4 Å². The molecule has 0 aliphatic rings. The van der Waals surface area contributed by atoms with Gasteiger partial charge in [-0.15, -0.1) is 25.6 Å². The summed E-state index contributed by atoms with van der Waals surface area (Å²) < 4.78 is 51.9. The number of nitrogens with two attached hydrogens (primary N) is 1. The third-order valence-electron chi connectivity index (χ3n) is 3.05. The first-order chi connectivity index (χ1) is 10.9. The van der Waals surface area contributed by atoms with Crippen LogP contribution in [0.15, 0.2) is 35.3 Å². The summed E-state index contributed by atoms with van der Waals surface area (Å²) in [6.45, 7) is 0.181. The van der Waals surface area contributed by atoms with E-state index in [1.54, 1.807) is 6.07 Å². The first kappa shape index (κ1) is 18.0. The number of alkyl halides is 3. The molecule has 6 nitrogen and oxygen atoms in total. The summed E-state index contributed by atoms with van der Waals surface area (Å²) in [4.78, 5) is 6.83. The van der Waals surface area contributed by atoms with Gasteiger partial charge in [-0.25, -0.2) is 4.98 Å². The summed E-state index contributed by atoms with van der Waals surface area (Å²) in [6.07, 6.45) is -2.29. The van der Waals surface area contributed by atoms with E-state index in [4.69, 9.17) is 14.9 Å². The highest BCUT2D eigenvalue weighted by atomic mass is 35.5. The summed E-state index contributed by atoms with van der Waals surface area (Å²) in [7, 11) is 0. The number of aromatic amines is 1. The van der Waals surface area contributed by atoms with Gasteiger partial charge in [0, 0.05) is 29.2 Å². The second-order valence-electron chi connectivity index (χ2n) is 4.70. The molecule has 3 aromatic rings. The monoisotopic (exact) mass is 363 g/mol. The van der Waals surface area contributed by atoms with Crippen LogP contribution >= 0.6 is 12.4 Å². The molecule has 2 heterocycles. The average molecular weight is 364 g/mol. The van der Waals surface area contributed by atoms with Gasteiger partial charge in [-0.2, -0.15) is 0 Å². The number of hydrogen-bond donors (Lipinski definition) is 2. The van der Waals surface area contributed by atoms with Gasteiger partial charge < -0.3 is 24.6 Å². The molecule has 0 fully saturated rings. The van der Waals surface area contributed by atoms with Gasteiger partial charge in [0.2, 0.25) is 0 Å². The van der Waals surface area contributed by atoms with Crippen LogP contribution in [0.4, 0.5) is 13.2 Å². The molecule has 0 saturated heterocycles. The van der Waals surface area contributed by atoms with Crippen molar-refractivity contribution < 1.29 is 27.1 Å². The number of nitrogens with one attached hydrogen (secondary N) is 1. The molecule has 10 heteroatoms. The lowest BCUT2D eigenvalue weighted by Crippen LogP contribution is -2.17. The maximum atomic E-state index is 12.6. The summed E-state index contributed by atoms with van der Waals surface area (Å²) in [5.74, 6) is -0.501. The van der Waals surface area contributed by atoms with E-state index in [9.17, 15) is 13.2 Å². The number of rotatable bonds is 5. The Morgan fingerprint density at radius 3 is 2.62 bits per heavy atom. The highest BCUT2D eigenvalue weighted by Crippen LogP contribution is 2.36. The highest BCUT2D eigenvalue weighted by molar-refractivity contribution is 5.85. The van der Waals surface area contributed by atoms with Gasteiger partial charge in [-0.1, -0.05) is 0 Å². The number of halogens is 4. The molecule has 0 amide bonds. The van der Waals surface area contributed by atoms with Crippen LogP contribution in [-0.2, 0) is 13.2 Å². The Bertz CT molecular complexity index is 803. The number of H-pyrrole nitrogens is 1. The SMILES string of the molecule is Cl.NCc1cc2cc(OC(F)(F)F)c(OCc3cocn3)cc2[nH]1. The van der Waals surface area contributed by atoms with E-state index >= 15 is 0 Å². The molecule has 2 aromatic heterocycles. The molecular formula is C14H13ClF3N3O3. The molecule has 0 aliphatic heterocycles. The Morgan fingerprint density at radius 2 is 2.00 bits per heavy atom. The third-order valence-corrected chi connectivity index (χ3v) is 3.05. The number of benzene rings is 1. The molecule has 130 valence electrons. The largest absolute Gasteiger partial charge is 0.573 e. The van der Waals surface area contributed by atoms with Crippen molar-refractivity contribution in [3.63, 3.8) is 0 Å². The number of aromatic nitrogens is 2. The molecule has 24 heavy (non-hydrogen) atoms. The van der Waals surface area contributed by atoms with Gasteiger partial charge in [0.15, 0.2) is 17.9 Å². The predicted molar refractivity (Wildman–Crippen MR) is 81.0 cm³/mol.